The van der Waals surface area contributed by atoms with Gasteiger partial charge in [-0.05, 0) is 13.0 Å². The zero-order valence-electron chi connectivity index (χ0n) is 10.7. The Morgan fingerprint density at radius 2 is 2.00 bits per heavy atom. The van der Waals surface area contributed by atoms with Crippen LogP contribution < -0.4 is 16.4 Å². The summed E-state index contributed by atoms with van der Waals surface area (Å²) in [5.74, 6) is -0.597. The van der Waals surface area contributed by atoms with Crippen molar-refractivity contribution in [2.24, 2.45) is 0 Å². The number of nitrogens with one attached hydrogen (secondary N) is 3. The van der Waals surface area contributed by atoms with Gasteiger partial charge in [0.15, 0.2) is 0 Å². The van der Waals surface area contributed by atoms with Crippen molar-refractivity contribution in [3.05, 3.63) is 46.2 Å². The maximum absolute atomic E-state index is 12.0. The first-order valence-corrected chi connectivity index (χ1v) is 5.97. The lowest BCUT2D eigenvalue weighted by molar-refractivity contribution is 0.0914. The Hall–Kier alpha value is -2.83. The minimum atomic E-state index is -0.769. The van der Waals surface area contributed by atoms with Gasteiger partial charge in [0.2, 0.25) is 5.56 Å². The van der Waals surface area contributed by atoms with Gasteiger partial charge in [0.25, 0.3) is 5.91 Å². The zero-order valence-corrected chi connectivity index (χ0v) is 10.7. The predicted octanol–water partition coefficient (Wildman–Crippen LogP) is 0.919. The number of H-pyrrole nitrogens is 1. The number of hydrazine groups is 1. The molecule has 0 saturated heterocycles. The van der Waals surface area contributed by atoms with E-state index in [1.165, 1.54) is 6.07 Å². The van der Waals surface area contributed by atoms with E-state index >= 15 is 0 Å². The fourth-order valence-electron chi connectivity index (χ4n) is 1.73. The summed E-state index contributed by atoms with van der Waals surface area (Å²) in [6, 6.07) is 8.05. The van der Waals surface area contributed by atoms with E-state index in [-0.39, 0.29) is 12.2 Å². The molecule has 20 heavy (non-hydrogen) atoms. The molecule has 7 nitrogen and oxygen atoms in total. The number of ether oxygens (including phenoxy) is 1. The fraction of sp³-hybridized carbons (Fsp3) is 0.154. The van der Waals surface area contributed by atoms with Crippen LogP contribution in [0.1, 0.15) is 17.3 Å². The third-order valence-electron chi connectivity index (χ3n) is 2.55. The minimum absolute atomic E-state index is 0.168. The predicted molar refractivity (Wildman–Crippen MR) is 72.2 cm³/mol. The lowest BCUT2D eigenvalue weighted by Gasteiger charge is -2.08. The van der Waals surface area contributed by atoms with E-state index in [1.54, 1.807) is 31.2 Å². The summed E-state index contributed by atoms with van der Waals surface area (Å²) in [6.45, 7) is 1.83. The van der Waals surface area contributed by atoms with E-state index in [1.807, 2.05) is 0 Å². The molecule has 0 radical (unpaired) electrons. The topological polar surface area (TPSA) is 100 Å². The summed E-state index contributed by atoms with van der Waals surface area (Å²) in [4.78, 5) is 37.2. The molecule has 0 aliphatic carbocycles. The molecule has 2 amide bonds. The average molecular weight is 275 g/mol. The van der Waals surface area contributed by atoms with E-state index < -0.39 is 17.6 Å². The lowest BCUT2D eigenvalue weighted by Crippen LogP contribution is -2.42. The molecular formula is C13H13N3O4. The molecule has 1 heterocycles. The minimum Gasteiger partial charge on any atom is -0.449 e. The molecule has 1 aromatic heterocycles. The molecule has 2 aromatic rings. The molecule has 0 bridgehead atoms. The Bertz CT molecular complexity index is 708. The molecule has 0 unspecified atom stereocenters. The van der Waals surface area contributed by atoms with E-state index in [0.29, 0.717) is 10.9 Å². The molecule has 0 saturated carbocycles. The molecule has 2 rings (SSSR count). The highest BCUT2D eigenvalue weighted by Gasteiger charge is 2.12. The van der Waals surface area contributed by atoms with Crippen LogP contribution in [0.2, 0.25) is 0 Å². The number of hydrogen-bond acceptors (Lipinski definition) is 4. The Morgan fingerprint density at radius 1 is 1.25 bits per heavy atom. The highest BCUT2D eigenvalue weighted by atomic mass is 16.5. The van der Waals surface area contributed by atoms with Crippen LogP contribution in [0.15, 0.2) is 35.1 Å². The molecular weight excluding hydrogens is 262 g/mol. The van der Waals surface area contributed by atoms with E-state index in [0.717, 1.165) is 0 Å². The van der Waals surface area contributed by atoms with Crippen molar-refractivity contribution in [3.8, 4) is 0 Å². The quantitative estimate of drug-likeness (QED) is 0.709. The Morgan fingerprint density at radius 3 is 2.75 bits per heavy atom. The summed E-state index contributed by atoms with van der Waals surface area (Å²) in [5.41, 5.74) is 4.59. The van der Waals surface area contributed by atoms with Crippen molar-refractivity contribution in [1.29, 1.82) is 0 Å². The number of benzene rings is 1. The summed E-state index contributed by atoms with van der Waals surface area (Å²) in [7, 11) is 0. The third kappa shape index (κ3) is 2.94. The van der Waals surface area contributed by atoms with Gasteiger partial charge in [-0.1, -0.05) is 18.2 Å². The number of amides is 2. The Kier molecular flexibility index (Phi) is 3.99. The Balaban J connectivity index is 2.26. The van der Waals surface area contributed by atoms with Crippen molar-refractivity contribution in [2.45, 2.75) is 6.92 Å². The van der Waals surface area contributed by atoms with Crippen LogP contribution in [0.3, 0.4) is 0 Å². The van der Waals surface area contributed by atoms with Crippen molar-refractivity contribution in [1.82, 2.24) is 15.8 Å². The first-order valence-electron chi connectivity index (χ1n) is 5.97. The highest BCUT2D eigenvalue weighted by Crippen LogP contribution is 2.13. The third-order valence-corrected chi connectivity index (χ3v) is 2.55. The van der Waals surface area contributed by atoms with Crippen LogP contribution in [0.4, 0.5) is 4.79 Å². The van der Waals surface area contributed by atoms with E-state index in [4.69, 9.17) is 0 Å². The normalized spacial score (nSPS) is 10.1. The van der Waals surface area contributed by atoms with Crippen LogP contribution in [0.25, 0.3) is 10.9 Å². The molecule has 0 fully saturated rings. The van der Waals surface area contributed by atoms with Gasteiger partial charge in [0, 0.05) is 17.0 Å². The molecule has 104 valence electrons. The van der Waals surface area contributed by atoms with Gasteiger partial charge in [-0.2, -0.15) is 0 Å². The standard InChI is InChI=1S/C13H13N3O4/c1-2-20-13(19)16-15-12(18)9-7-11(17)14-10-6-4-3-5-8(9)10/h3-7H,2H2,1H3,(H,14,17)(H,15,18)(H,16,19). The fourth-order valence-corrected chi connectivity index (χ4v) is 1.73. The SMILES string of the molecule is CCOC(=O)NNC(=O)c1cc(=O)[nH]c2ccccc12. The summed E-state index contributed by atoms with van der Waals surface area (Å²) < 4.78 is 4.61. The first-order chi connectivity index (χ1) is 9.61. The molecule has 0 aliphatic heterocycles. The van der Waals surface area contributed by atoms with E-state index in [9.17, 15) is 14.4 Å². The first kappa shape index (κ1) is 13.6. The van der Waals surface area contributed by atoms with Gasteiger partial charge in [0.05, 0.1) is 12.2 Å². The summed E-state index contributed by atoms with van der Waals surface area (Å²) in [5, 5.41) is 0.579. The molecule has 3 N–H and O–H groups in total. The smallest absolute Gasteiger partial charge is 0.426 e. The second-order valence-electron chi connectivity index (χ2n) is 3.89. The molecule has 0 aliphatic rings. The number of aromatic nitrogens is 1. The molecule has 0 spiro atoms. The maximum Gasteiger partial charge on any atom is 0.426 e. The monoisotopic (exact) mass is 275 g/mol. The maximum atomic E-state index is 12.0. The summed E-state index contributed by atoms with van der Waals surface area (Å²) in [6.07, 6.45) is -0.769. The van der Waals surface area contributed by atoms with Crippen LogP contribution in [0.5, 0.6) is 0 Å². The number of rotatable bonds is 2. The number of carbonyl (C=O) groups excluding carboxylic acids is 2. The van der Waals surface area contributed by atoms with Crippen molar-refractivity contribution in [2.75, 3.05) is 6.61 Å². The van der Waals surface area contributed by atoms with Gasteiger partial charge in [-0.15, -0.1) is 0 Å². The molecule has 0 atom stereocenters. The van der Waals surface area contributed by atoms with Gasteiger partial charge < -0.3 is 9.72 Å². The number of hydrogen-bond donors (Lipinski definition) is 3. The van der Waals surface area contributed by atoms with Crippen LogP contribution >= 0.6 is 0 Å². The van der Waals surface area contributed by atoms with Gasteiger partial charge >= 0.3 is 6.09 Å². The number of aromatic amines is 1. The zero-order chi connectivity index (χ0) is 14.5. The lowest BCUT2D eigenvalue weighted by atomic mass is 10.1. The average Bonchev–Trinajstić information content (AvgIpc) is 2.44. The van der Waals surface area contributed by atoms with Gasteiger partial charge in [0.1, 0.15) is 0 Å². The van der Waals surface area contributed by atoms with Crippen LogP contribution in [0, 0.1) is 0 Å². The number of carbonyl (C=O) groups is 2. The Labute approximate surface area is 113 Å². The van der Waals surface area contributed by atoms with Crippen LogP contribution in [-0.2, 0) is 4.74 Å². The largest absolute Gasteiger partial charge is 0.449 e. The van der Waals surface area contributed by atoms with Crippen molar-refractivity contribution < 1.29 is 14.3 Å². The number of para-hydroxylation sites is 1. The number of fused-ring (bicyclic) bond motifs is 1. The van der Waals surface area contributed by atoms with Crippen molar-refractivity contribution >= 4 is 22.9 Å². The second kappa shape index (κ2) is 5.87. The van der Waals surface area contributed by atoms with Gasteiger partial charge in [-0.25, -0.2) is 10.2 Å². The molecule has 7 heteroatoms. The highest BCUT2D eigenvalue weighted by molar-refractivity contribution is 6.06. The van der Waals surface area contributed by atoms with E-state index in [2.05, 4.69) is 20.6 Å². The van der Waals surface area contributed by atoms with Crippen LogP contribution in [-0.4, -0.2) is 23.6 Å². The second-order valence-corrected chi connectivity index (χ2v) is 3.89. The van der Waals surface area contributed by atoms with Gasteiger partial charge in [-0.3, -0.25) is 15.0 Å². The molecule has 1 aromatic carbocycles. The summed E-state index contributed by atoms with van der Waals surface area (Å²) >= 11 is 0. The number of pyridine rings is 1. The van der Waals surface area contributed by atoms with Crippen molar-refractivity contribution in [3.63, 3.8) is 0 Å².